The molecule has 2 heterocycles. The molecule has 15 heteroatoms. The molecule has 3 N–H and O–H groups in total. The van der Waals surface area contributed by atoms with Crippen molar-refractivity contribution in [1.82, 2.24) is 15.6 Å². The van der Waals surface area contributed by atoms with Gasteiger partial charge in [-0.25, -0.2) is 4.39 Å². The van der Waals surface area contributed by atoms with Crippen LogP contribution in [0.1, 0.15) is 20.7 Å². The Hall–Kier alpha value is -5.08. The van der Waals surface area contributed by atoms with Gasteiger partial charge in [-0.15, -0.1) is 0 Å². The van der Waals surface area contributed by atoms with Gasteiger partial charge in [-0.1, -0.05) is 6.07 Å². The highest BCUT2D eigenvalue weighted by atomic mass is 19.4. The Morgan fingerprint density at radius 1 is 0.889 bits per heavy atom. The minimum atomic E-state index is -6.56. The average molecular weight is 639 g/mol. The number of carbonyl (C=O) groups is 2. The maximum Gasteiger partial charge on any atom is 0.459 e. The van der Waals surface area contributed by atoms with Gasteiger partial charge in [-0.3, -0.25) is 9.59 Å². The van der Waals surface area contributed by atoms with Crippen LogP contribution in [0.15, 0.2) is 65.2 Å². The van der Waals surface area contributed by atoms with E-state index in [4.69, 9.17) is 9.15 Å². The Morgan fingerprint density at radius 3 is 2.18 bits per heavy atom. The van der Waals surface area contributed by atoms with Crippen LogP contribution in [0, 0.1) is 5.82 Å². The SMILES string of the molecule is CNC(=O)c1c(-c2ccc(F)cc2)oc2c1cc(-c1ccc(OC)c(C(=O)NCC(F)(F)C(F)(F)C(F)(F)F)c1)c1[nH]ccc12. The van der Waals surface area contributed by atoms with E-state index in [1.165, 1.54) is 48.8 Å². The summed E-state index contributed by atoms with van der Waals surface area (Å²) in [4.78, 5) is 29.0. The number of fused-ring (bicyclic) bond motifs is 3. The number of methoxy groups -OCH3 is 1. The second kappa shape index (κ2) is 11.1. The van der Waals surface area contributed by atoms with E-state index in [9.17, 15) is 44.7 Å². The van der Waals surface area contributed by atoms with Crippen LogP contribution >= 0.6 is 0 Å². The van der Waals surface area contributed by atoms with E-state index in [-0.39, 0.29) is 28.2 Å². The third-order valence-electron chi connectivity index (χ3n) is 7.10. The van der Waals surface area contributed by atoms with Gasteiger partial charge in [0.05, 0.1) is 30.3 Å². The number of hydrogen-bond acceptors (Lipinski definition) is 4. The Balaban J connectivity index is 1.62. The van der Waals surface area contributed by atoms with Crippen molar-refractivity contribution in [3.8, 4) is 28.2 Å². The molecule has 0 spiro atoms. The molecule has 5 rings (SSSR count). The van der Waals surface area contributed by atoms with Gasteiger partial charge in [-0.05, 0) is 54.1 Å². The Morgan fingerprint density at radius 2 is 1.56 bits per heavy atom. The largest absolute Gasteiger partial charge is 0.496 e. The fourth-order valence-corrected chi connectivity index (χ4v) is 4.82. The molecule has 0 bridgehead atoms. The van der Waals surface area contributed by atoms with Crippen LogP contribution in [0.25, 0.3) is 44.3 Å². The highest BCUT2D eigenvalue weighted by Gasteiger charge is 2.72. The summed E-state index contributed by atoms with van der Waals surface area (Å²) < 4.78 is 117. The lowest BCUT2D eigenvalue weighted by Crippen LogP contribution is -2.56. The van der Waals surface area contributed by atoms with Gasteiger partial charge < -0.3 is 24.8 Å². The molecule has 3 aromatic carbocycles. The first-order valence-corrected chi connectivity index (χ1v) is 12.9. The van der Waals surface area contributed by atoms with E-state index in [1.807, 2.05) is 0 Å². The number of aromatic nitrogens is 1. The number of H-pyrrole nitrogens is 1. The molecule has 2 aromatic heterocycles. The summed E-state index contributed by atoms with van der Waals surface area (Å²) >= 11 is 0. The molecule has 45 heavy (non-hydrogen) atoms. The Labute approximate surface area is 248 Å². The summed E-state index contributed by atoms with van der Waals surface area (Å²) in [7, 11) is 2.53. The molecule has 0 aliphatic carbocycles. The van der Waals surface area contributed by atoms with Crippen molar-refractivity contribution in [2.75, 3.05) is 20.7 Å². The molecule has 0 atom stereocenters. The number of alkyl halides is 7. The number of carbonyl (C=O) groups excluding carboxylic acids is 2. The van der Waals surface area contributed by atoms with Gasteiger partial charge in [0, 0.05) is 35.1 Å². The van der Waals surface area contributed by atoms with E-state index in [1.54, 1.807) is 18.3 Å². The predicted molar refractivity (Wildman–Crippen MR) is 147 cm³/mol. The number of rotatable bonds is 8. The summed E-state index contributed by atoms with van der Waals surface area (Å²) in [6, 6.07) is 12.3. The minimum absolute atomic E-state index is 0.0998. The number of ether oxygens (including phenoxy) is 1. The fourth-order valence-electron chi connectivity index (χ4n) is 4.82. The van der Waals surface area contributed by atoms with Crippen LogP contribution in [0.2, 0.25) is 0 Å². The summed E-state index contributed by atoms with van der Waals surface area (Å²) in [6.07, 6.45) is -5.00. The zero-order valence-electron chi connectivity index (χ0n) is 23.1. The quantitative estimate of drug-likeness (QED) is 0.155. The van der Waals surface area contributed by atoms with Gasteiger partial charge in [0.2, 0.25) is 0 Å². The third kappa shape index (κ3) is 5.31. The van der Waals surface area contributed by atoms with Crippen molar-refractivity contribution in [2.45, 2.75) is 18.0 Å². The lowest BCUT2D eigenvalue weighted by Gasteiger charge is -2.28. The summed E-state index contributed by atoms with van der Waals surface area (Å²) in [5.74, 6) is -14.6. The third-order valence-corrected chi connectivity index (χ3v) is 7.10. The van der Waals surface area contributed by atoms with Crippen LogP contribution in [-0.2, 0) is 0 Å². The number of furan rings is 1. The Kier molecular flexibility index (Phi) is 7.75. The predicted octanol–water partition coefficient (Wildman–Crippen LogP) is 7.32. The molecule has 0 aliphatic heterocycles. The summed E-state index contributed by atoms with van der Waals surface area (Å²) in [5.41, 5.74) is 1.38. The van der Waals surface area contributed by atoms with Crippen molar-refractivity contribution in [2.24, 2.45) is 0 Å². The molecule has 236 valence electrons. The van der Waals surface area contributed by atoms with E-state index < -0.39 is 47.8 Å². The first kappa shape index (κ1) is 31.3. The molecule has 0 fully saturated rings. The van der Waals surface area contributed by atoms with Crippen molar-refractivity contribution >= 4 is 33.7 Å². The molecule has 0 saturated heterocycles. The van der Waals surface area contributed by atoms with E-state index in [0.717, 1.165) is 13.2 Å². The molecule has 0 radical (unpaired) electrons. The molecule has 2 amide bonds. The van der Waals surface area contributed by atoms with E-state index in [2.05, 4.69) is 10.3 Å². The molecular formula is C30H21F8N3O4. The standard InChI is InChI=1S/C30H21F8N3O4/c1-39-27(43)22-20-12-18(23-17(9-10-40-23)25(20)45-24(22)14-3-6-16(31)7-4-14)15-5-8-21(44-2)19(11-15)26(42)41-13-28(32,33)29(34,35)30(36,37)38/h3-12,40H,13H2,1-2H3,(H,39,43)(H,41,42). The van der Waals surface area contributed by atoms with Gasteiger partial charge in [-0.2, -0.15) is 30.7 Å². The highest BCUT2D eigenvalue weighted by Crippen LogP contribution is 2.46. The zero-order chi connectivity index (χ0) is 32.9. The Bertz CT molecular complexity index is 1930. The molecular weight excluding hydrogens is 618 g/mol. The lowest BCUT2D eigenvalue weighted by molar-refractivity contribution is -0.352. The molecule has 7 nitrogen and oxygen atoms in total. The van der Waals surface area contributed by atoms with Crippen molar-refractivity contribution in [3.05, 3.63) is 77.7 Å². The van der Waals surface area contributed by atoms with Gasteiger partial charge in [0.1, 0.15) is 22.9 Å². The lowest BCUT2D eigenvalue weighted by atomic mass is 9.96. The number of halogens is 8. The van der Waals surface area contributed by atoms with Crippen LogP contribution in [0.4, 0.5) is 35.1 Å². The summed E-state index contributed by atoms with van der Waals surface area (Å²) in [6.45, 7) is -2.32. The maximum absolute atomic E-state index is 13.9. The monoisotopic (exact) mass is 639 g/mol. The zero-order valence-corrected chi connectivity index (χ0v) is 23.1. The van der Waals surface area contributed by atoms with Gasteiger partial charge in [0.15, 0.2) is 0 Å². The van der Waals surface area contributed by atoms with Crippen LogP contribution in [0.3, 0.4) is 0 Å². The van der Waals surface area contributed by atoms with Crippen molar-refractivity contribution in [1.29, 1.82) is 0 Å². The maximum atomic E-state index is 13.9. The first-order valence-electron chi connectivity index (χ1n) is 12.9. The smallest absolute Gasteiger partial charge is 0.459 e. The highest BCUT2D eigenvalue weighted by molar-refractivity contribution is 6.19. The minimum Gasteiger partial charge on any atom is -0.496 e. The second-order valence-corrected chi connectivity index (χ2v) is 9.83. The normalized spacial score (nSPS) is 12.5. The molecule has 0 unspecified atom stereocenters. The number of amides is 2. The average Bonchev–Trinajstić information content (AvgIpc) is 3.64. The molecule has 0 saturated carbocycles. The van der Waals surface area contributed by atoms with E-state index >= 15 is 0 Å². The van der Waals surface area contributed by atoms with Crippen LogP contribution < -0.4 is 15.4 Å². The van der Waals surface area contributed by atoms with Crippen molar-refractivity contribution in [3.63, 3.8) is 0 Å². The van der Waals surface area contributed by atoms with Gasteiger partial charge >= 0.3 is 18.0 Å². The summed E-state index contributed by atoms with van der Waals surface area (Å²) in [5, 5.41) is 4.77. The first-order chi connectivity index (χ1) is 21.1. The van der Waals surface area contributed by atoms with Crippen LogP contribution in [0.5, 0.6) is 5.75 Å². The van der Waals surface area contributed by atoms with E-state index in [0.29, 0.717) is 27.4 Å². The molecule has 5 aromatic rings. The fraction of sp³-hybridized carbons (Fsp3) is 0.200. The molecule has 0 aliphatic rings. The number of nitrogens with one attached hydrogen (secondary N) is 3. The van der Waals surface area contributed by atoms with Crippen molar-refractivity contribution < 1.29 is 53.9 Å². The topological polar surface area (TPSA) is 96.4 Å². The van der Waals surface area contributed by atoms with Crippen LogP contribution in [-0.4, -0.2) is 55.5 Å². The second-order valence-electron chi connectivity index (χ2n) is 9.83. The number of benzene rings is 3. The number of aromatic amines is 1. The van der Waals surface area contributed by atoms with Gasteiger partial charge in [0.25, 0.3) is 11.8 Å². The number of hydrogen-bond donors (Lipinski definition) is 3.